The number of aryl methyl sites for hydroxylation is 1. The van der Waals surface area contributed by atoms with E-state index in [9.17, 15) is 4.79 Å². The molecule has 0 radical (unpaired) electrons. The maximum atomic E-state index is 12.5. The van der Waals surface area contributed by atoms with Gasteiger partial charge < -0.3 is 19.2 Å². The molecule has 0 saturated carbocycles. The van der Waals surface area contributed by atoms with Crippen molar-refractivity contribution in [3.05, 3.63) is 53.8 Å². The lowest BCUT2D eigenvalue weighted by atomic mass is 10.1. The standard InChI is InChI=1S/C18H17NO4/c1-11-13-6-4-5-7-14(13)23-17(11)18(20)19-12-8-9-15(21-2)16(10-12)22-3/h4-10H,1-3H3,(H,19,20). The van der Waals surface area contributed by atoms with Crippen LogP contribution in [0.15, 0.2) is 46.9 Å². The number of carbonyl (C=O) groups excluding carboxylic acids is 1. The Hall–Kier alpha value is -2.95. The zero-order valence-corrected chi connectivity index (χ0v) is 13.2. The number of fused-ring (bicyclic) bond motifs is 1. The topological polar surface area (TPSA) is 60.7 Å². The number of anilines is 1. The Balaban J connectivity index is 1.90. The van der Waals surface area contributed by atoms with Crippen LogP contribution in [0.4, 0.5) is 5.69 Å². The molecule has 3 aromatic rings. The summed E-state index contributed by atoms with van der Waals surface area (Å²) in [6.45, 7) is 1.87. The molecule has 0 unspecified atom stereocenters. The van der Waals surface area contributed by atoms with E-state index < -0.39 is 0 Å². The van der Waals surface area contributed by atoms with Crippen molar-refractivity contribution >= 4 is 22.6 Å². The van der Waals surface area contributed by atoms with Crippen LogP contribution in [-0.2, 0) is 0 Å². The number of ether oxygens (including phenoxy) is 2. The van der Waals surface area contributed by atoms with E-state index in [0.29, 0.717) is 28.5 Å². The highest BCUT2D eigenvalue weighted by atomic mass is 16.5. The maximum Gasteiger partial charge on any atom is 0.291 e. The summed E-state index contributed by atoms with van der Waals surface area (Å²) in [5, 5.41) is 3.75. The molecule has 0 aliphatic rings. The summed E-state index contributed by atoms with van der Waals surface area (Å²) in [5.41, 5.74) is 2.12. The first-order chi connectivity index (χ1) is 11.1. The minimum absolute atomic E-state index is 0.300. The lowest BCUT2D eigenvalue weighted by Crippen LogP contribution is -2.12. The molecule has 0 bridgehead atoms. The molecule has 118 valence electrons. The van der Waals surface area contributed by atoms with E-state index in [2.05, 4.69) is 5.32 Å². The molecule has 1 amide bonds. The number of benzene rings is 2. The van der Waals surface area contributed by atoms with Crippen LogP contribution in [0.5, 0.6) is 11.5 Å². The van der Waals surface area contributed by atoms with Crippen molar-refractivity contribution in [1.82, 2.24) is 0 Å². The Morgan fingerprint density at radius 2 is 1.78 bits per heavy atom. The number of amides is 1. The third-order valence-corrected chi connectivity index (χ3v) is 3.69. The molecule has 0 saturated heterocycles. The SMILES string of the molecule is COc1ccc(NC(=O)c2oc3ccccc3c2C)cc1OC. The van der Waals surface area contributed by atoms with Gasteiger partial charge in [0.15, 0.2) is 17.3 Å². The Labute approximate surface area is 133 Å². The second-order valence-electron chi connectivity index (χ2n) is 5.08. The number of carbonyl (C=O) groups is 1. The predicted octanol–water partition coefficient (Wildman–Crippen LogP) is 4.01. The van der Waals surface area contributed by atoms with Crippen LogP contribution >= 0.6 is 0 Å². The highest BCUT2D eigenvalue weighted by Gasteiger charge is 2.18. The Bertz CT molecular complexity index is 867. The van der Waals surface area contributed by atoms with Gasteiger partial charge in [-0.15, -0.1) is 0 Å². The van der Waals surface area contributed by atoms with Crippen molar-refractivity contribution in [1.29, 1.82) is 0 Å². The molecule has 0 spiro atoms. The van der Waals surface area contributed by atoms with Crippen molar-refractivity contribution in [2.45, 2.75) is 6.92 Å². The summed E-state index contributed by atoms with van der Waals surface area (Å²) in [6.07, 6.45) is 0. The van der Waals surface area contributed by atoms with Crippen LogP contribution in [0, 0.1) is 6.92 Å². The van der Waals surface area contributed by atoms with E-state index in [1.54, 1.807) is 32.4 Å². The molecule has 1 heterocycles. The molecular weight excluding hydrogens is 294 g/mol. The van der Waals surface area contributed by atoms with Crippen molar-refractivity contribution < 1.29 is 18.7 Å². The summed E-state index contributed by atoms with van der Waals surface area (Å²) in [7, 11) is 3.11. The molecule has 5 heteroatoms. The molecular formula is C18H17NO4. The monoisotopic (exact) mass is 311 g/mol. The molecule has 0 aliphatic heterocycles. The van der Waals surface area contributed by atoms with Gasteiger partial charge in [-0.1, -0.05) is 18.2 Å². The summed E-state index contributed by atoms with van der Waals surface area (Å²) >= 11 is 0. The predicted molar refractivity (Wildman–Crippen MR) is 88.5 cm³/mol. The minimum atomic E-state index is -0.300. The van der Waals surface area contributed by atoms with Gasteiger partial charge in [0, 0.05) is 22.7 Å². The van der Waals surface area contributed by atoms with E-state index in [4.69, 9.17) is 13.9 Å². The normalized spacial score (nSPS) is 10.6. The average molecular weight is 311 g/mol. The van der Waals surface area contributed by atoms with Gasteiger partial charge in [0.25, 0.3) is 5.91 Å². The van der Waals surface area contributed by atoms with E-state index >= 15 is 0 Å². The van der Waals surface area contributed by atoms with Gasteiger partial charge in [0.2, 0.25) is 0 Å². The summed E-state index contributed by atoms with van der Waals surface area (Å²) in [5.74, 6) is 1.16. The summed E-state index contributed by atoms with van der Waals surface area (Å²) in [4.78, 5) is 12.5. The molecule has 1 aromatic heterocycles. The zero-order chi connectivity index (χ0) is 16.4. The molecule has 23 heavy (non-hydrogen) atoms. The fourth-order valence-electron chi connectivity index (χ4n) is 2.49. The highest BCUT2D eigenvalue weighted by molar-refractivity contribution is 6.06. The molecule has 0 aliphatic carbocycles. The molecule has 0 atom stereocenters. The maximum absolute atomic E-state index is 12.5. The van der Waals surface area contributed by atoms with Gasteiger partial charge in [0.05, 0.1) is 14.2 Å². The van der Waals surface area contributed by atoms with Gasteiger partial charge in [-0.05, 0) is 25.1 Å². The molecule has 5 nitrogen and oxygen atoms in total. The third-order valence-electron chi connectivity index (χ3n) is 3.69. The minimum Gasteiger partial charge on any atom is -0.493 e. The van der Waals surface area contributed by atoms with Gasteiger partial charge >= 0.3 is 0 Å². The van der Waals surface area contributed by atoms with Gasteiger partial charge in [0.1, 0.15) is 5.58 Å². The van der Waals surface area contributed by atoms with Crippen LogP contribution in [0.2, 0.25) is 0 Å². The number of methoxy groups -OCH3 is 2. The number of para-hydroxylation sites is 1. The Kier molecular flexibility index (Phi) is 3.93. The van der Waals surface area contributed by atoms with E-state index in [1.165, 1.54) is 0 Å². The lowest BCUT2D eigenvalue weighted by Gasteiger charge is -2.10. The fraction of sp³-hybridized carbons (Fsp3) is 0.167. The quantitative estimate of drug-likeness (QED) is 0.791. The van der Waals surface area contributed by atoms with E-state index in [-0.39, 0.29) is 5.91 Å². The highest BCUT2D eigenvalue weighted by Crippen LogP contribution is 2.31. The van der Waals surface area contributed by atoms with Crippen molar-refractivity contribution in [2.24, 2.45) is 0 Å². The number of furan rings is 1. The largest absolute Gasteiger partial charge is 0.493 e. The van der Waals surface area contributed by atoms with Crippen LogP contribution in [0.1, 0.15) is 16.1 Å². The van der Waals surface area contributed by atoms with Crippen molar-refractivity contribution in [2.75, 3.05) is 19.5 Å². The number of rotatable bonds is 4. The zero-order valence-electron chi connectivity index (χ0n) is 13.2. The first-order valence-electron chi connectivity index (χ1n) is 7.15. The first kappa shape index (κ1) is 15.0. The van der Waals surface area contributed by atoms with Crippen LogP contribution < -0.4 is 14.8 Å². The van der Waals surface area contributed by atoms with Crippen molar-refractivity contribution in [3.8, 4) is 11.5 Å². The smallest absolute Gasteiger partial charge is 0.291 e. The molecule has 2 aromatic carbocycles. The fourth-order valence-corrected chi connectivity index (χ4v) is 2.49. The van der Waals surface area contributed by atoms with Gasteiger partial charge in [-0.3, -0.25) is 4.79 Å². The lowest BCUT2D eigenvalue weighted by molar-refractivity contribution is 0.0998. The third kappa shape index (κ3) is 2.73. The number of hydrogen-bond donors (Lipinski definition) is 1. The van der Waals surface area contributed by atoms with E-state index in [0.717, 1.165) is 10.9 Å². The van der Waals surface area contributed by atoms with Crippen LogP contribution in [-0.4, -0.2) is 20.1 Å². The molecule has 0 fully saturated rings. The number of hydrogen-bond acceptors (Lipinski definition) is 4. The first-order valence-corrected chi connectivity index (χ1v) is 7.15. The van der Waals surface area contributed by atoms with Crippen LogP contribution in [0.3, 0.4) is 0 Å². The summed E-state index contributed by atoms with van der Waals surface area (Å²) < 4.78 is 16.1. The Morgan fingerprint density at radius 1 is 1.04 bits per heavy atom. The Morgan fingerprint density at radius 3 is 2.48 bits per heavy atom. The molecule has 1 N–H and O–H groups in total. The molecule has 3 rings (SSSR count). The van der Waals surface area contributed by atoms with Gasteiger partial charge in [-0.2, -0.15) is 0 Å². The summed E-state index contributed by atoms with van der Waals surface area (Å²) in [6, 6.07) is 12.8. The van der Waals surface area contributed by atoms with Crippen LogP contribution in [0.25, 0.3) is 11.0 Å². The van der Waals surface area contributed by atoms with Gasteiger partial charge in [-0.25, -0.2) is 0 Å². The second-order valence-corrected chi connectivity index (χ2v) is 5.08. The number of nitrogens with one attached hydrogen (secondary N) is 1. The van der Waals surface area contributed by atoms with E-state index in [1.807, 2.05) is 31.2 Å². The second kappa shape index (κ2) is 6.04. The van der Waals surface area contributed by atoms with Crippen molar-refractivity contribution in [3.63, 3.8) is 0 Å². The average Bonchev–Trinajstić information content (AvgIpc) is 2.92.